The van der Waals surface area contributed by atoms with E-state index >= 15 is 0 Å². The SMILES string of the molecule is C=CC(=O)N(CCCC)C(C)C(=O)OC. The highest BCUT2D eigenvalue weighted by atomic mass is 16.5. The zero-order valence-electron chi connectivity index (χ0n) is 9.66. The lowest BCUT2D eigenvalue weighted by molar-refractivity contribution is -0.150. The van der Waals surface area contributed by atoms with Crippen molar-refractivity contribution < 1.29 is 14.3 Å². The van der Waals surface area contributed by atoms with Gasteiger partial charge in [0.1, 0.15) is 6.04 Å². The summed E-state index contributed by atoms with van der Waals surface area (Å²) >= 11 is 0. The first kappa shape index (κ1) is 13.7. The fourth-order valence-corrected chi connectivity index (χ4v) is 1.24. The van der Waals surface area contributed by atoms with Gasteiger partial charge < -0.3 is 9.64 Å². The Morgan fingerprint density at radius 3 is 2.53 bits per heavy atom. The van der Waals surface area contributed by atoms with Crippen LogP contribution in [0.3, 0.4) is 0 Å². The molecule has 0 aliphatic carbocycles. The fourth-order valence-electron chi connectivity index (χ4n) is 1.24. The number of carbonyl (C=O) groups is 2. The van der Waals surface area contributed by atoms with Gasteiger partial charge in [0.15, 0.2) is 0 Å². The van der Waals surface area contributed by atoms with Crippen LogP contribution in [-0.2, 0) is 14.3 Å². The van der Waals surface area contributed by atoms with Gasteiger partial charge in [-0.1, -0.05) is 19.9 Å². The van der Waals surface area contributed by atoms with Crippen LogP contribution in [0.5, 0.6) is 0 Å². The molecule has 0 saturated carbocycles. The van der Waals surface area contributed by atoms with E-state index in [0.717, 1.165) is 12.8 Å². The molecule has 0 bridgehead atoms. The standard InChI is InChI=1S/C11H19NO3/c1-5-7-8-12(10(13)6-2)9(3)11(14)15-4/h6,9H,2,5,7-8H2,1,3-4H3. The Bertz CT molecular complexity index is 238. The van der Waals surface area contributed by atoms with Gasteiger partial charge in [0, 0.05) is 6.54 Å². The Hall–Kier alpha value is -1.32. The summed E-state index contributed by atoms with van der Waals surface area (Å²) in [4.78, 5) is 24.2. The number of nitrogens with zero attached hydrogens (tertiary/aromatic N) is 1. The lowest BCUT2D eigenvalue weighted by atomic mass is 10.2. The maximum Gasteiger partial charge on any atom is 0.328 e. The van der Waals surface area contributed by atoms with E-state index in [9.17, 15) is 9.59 Å². The summed E-state index contributed by atoms with van der Waals surface area (Å²) in [6.45, 7) is 7.65. The van der Waals surface area contributed by atoms with Crippen molar-refractivity contribution in [3.8, 4) is 0 Å². The smallest absolute Gasteiger partial charge is 0.328 e. The average Bonchev–Trinajstić information content (AvgIpc) is 2.27. The van der Waals surface area contributed by atoms with E-state index < -0.39 is 12.0 Å². The summed E-state index contributed by atoms with van der Waals surface area (Å²) in [6, 6.07) is -0.549. The van der Waals surface area contributed by atoms with Gasteiger partial charge in [-0.2, -0.15) is 0 Å². The molecule has 0 aliphatic rings. The summed E-state index contributed by atoms with van der Waals surface area (Å²) in [7, 11) is 1.31. The molecule has 1 amide bonds. The van der Waals surface area contributed by atoms with Gasteiger partial charge in [0.25, 0.3) is 0 Å². The van der Waals surface area contributed by atoms with E-state index in [2.05, 4.69) is 11.3 Å². The van der Waals surface area contributed by atoms with Crippen molar-refractivity contribution in [3.05, 3.63) is 12.7 Å². The second-order valence-corrected chi connectivity index (χ2v) is 3.29. The van der Waals surface area contributed by atoms with Gasteiger partial charge in [0.05, 0.1) is 7.11 Å². The van der Waals surface area contributed by atoms with Gasteiger partial charge in [-0.15, -0.1) is 0 Å². The van der Waals surface area contributed by atoms with Crippen molar-refractivity contribution in [1.82, 2.24) is 4.90 Å². The van der Waals surface area contributed by atoms with Crippen LogP contribution in [-0.4, -0.2) is 36.5 Å². The molecule has 0 spiro atoms. The van der Waals surface area contributed by atoms with Crippen LogP contribution < -0.4 is 0 Å². The first-order valence-corrected chi connectivity index (χ1v) is 5.09. The third-order valence-corrected chi connectivity index (χ3v) is 2.22. The monoisotopic (exact) mass is 213 g/mol. The van der Waals surface area contributed by atoms with Gasteiger partial charge in [0.2, 0.25) is 5.91 Å². The fraction of sp³-hybridized carbons (Fsp3) is 0.636. The number of hydrogen-bond acceptors (Lipinski definition) is 3. The summed E-state index contributed by atoms with van der Waals surface area (Å²) in [5, 5.41) is 0. The predicted octanol–water partition coefficient (Wildman–Crippen LogP) is 1.36. The third-order valence-electron chi connectivity index (χ3n) is 2.22. The highest BCUT2D eigenvalue weighted by molar-refractivity contribution is 5.90. The van der Waals surface area contributed by atoms with Crippen LogP contribution in [0.4, 0.5) is 0 Å². The Morgan fingerprint density at radius 2 is 2.13 bits per heavy atom. The number of methoxy groups -OCH3 is 1. The van der Waals surface area contributed by atoms with Crippen molar-refractivity contribution >= 4 is 11.9 Å². The molecule has 4 heteroatoms. The molecule has 0 aromatic carbocycles. The molecule has 1 unspecified atom stereocenters. The number of ether oxygens (including phenoxy) is 1. The highest BCUT2D eigenvalue weighted by Crippen LogP contribution is 2.05. The van der Waals surface area contributed by atoms with Gasteiger partial charge in [-0.05, 0) is 19.4 Å². The topological polar surface area (TPSA) is 46.6 Å². The first-order valence-electron chi connectivity index (χ1n) is 5.09. The second-order valence-electron chi connectivity index (χ2n) is 3.29. The molecule has 0 fully saturated rings. The number of amides is 1. The summed E-state index contributed by atoms with van der Waals surface area (Å²) < 4.78 is 4.60. The Labute approximate surface area is 90.9 Å². The van der Waals surface area contributed by atoms with Crippen LogP contribution in [0, 0.1) is 0 Å². The maximum absolute atomic E-state index is 11.5. The Balaban J connectivity index is 4.53. The molecule has 4 nitrogen and oxygen atoms in total. The van der Waals surface area contributed by atoms with Crippen molar-refractivity contribution in [2.24, 2.45) is 0 Å². The quantitative estimate of drug-likeness (QED) is 0.494. The summed E-state index contributed by atoms with van der Waals surface area (Å²) in [5.41, 5.74) is 0. The molecular formula is C11H19NO3. The van der Waals surface area contributed by atoms with Gasteiger partial charge in [-0.25, -0.2) is 4.79 Å². The van der Waals surface area contributed by atoms with Crippen molar-refractivity contribution in [1.29, 1.82) is 0 Å². The number of unbranched alkanes of at least 4 members (excludes halogenated alkanes) is 1. The lowest BCUT2D eigenvalue weighted by Crippen LogP contribution is -2.43. The third kappa shape index (κ3) is 4.14. The summed E-state index contributed by atoms with van der Waals surface area (Å²) in [6.07, 6.45) is 3.05. The molecule has 0 aromatic rings. The van der Waals surface area contributed by atoms with Crippen molar-refractivity contribution in [2.75, 3.05) is 13.7 Å². The zero-order valence-corrected chi connectivity index (χ0v) is 9.66. The first-order chi connectivity index (χ1) is 7.08. The van der Waals surface area contributed by atoms with E-state index in [1.54, 1.807) is 6.92 Å². The number of hydrogen-bond donors (Lipinski definition) is 0. The highest BCUT2D eigenvalue weighted by Gasteiger charge is 2.24. The van der Waals surface area contributed by atoms with Crippen molar-refractivity contribution in [3.63, 3.8) is 0 Å². The molecule has 0 aromatic heterocycles. The molecule has 86 valence electrons. The van der Waals surface area contributed by atoms with E-state index in [-0.39, 0.29) is 5.91 Å². The number of carbonyl (C=O) groups excluding carboxylic acids is 2. The lowest BCUT2D eigenvalue weighted by Gasteiger charge is -2.26. The van der Waals surface area contributed by atoms with Gasteiger partial charge in [-0.3, -0.25) is 4.79 Å². The molecule has 0 radical (unpaired) electrons. The minimum atomic E-state index is -0.549. The van der Waals surface area contributed by atoms with E-state index in [1.807, 2.05) is 6.92 Å². The molecule has 0 N–H and O–H groups in total. The van der Waals surface area contributed by atoms with E-state index in [0.29, 0.717) is 6.54 Å². The predicted molar refractivity (Wildman–Crippen MR) is 58.3 cm³/mol. The van der Waals surface area contributed by atoms with Crippen molar-refractivity contribution in [2.45, 2.75) is 32.7 Å². The molecule has 0 rings (SSSR count). The molecular weight excluding hydrogens is 194 g/mol. The minimum Gasteiger partial charge on any atom is -0.467 e. The summed E-state index contributed by atoms with van der Waals surface area (Å²) in [5.74, 6) is -0.636. The minimum absolute atomic E-state index is 0.235. The largest absolute Gasteiger partial charge is 0.467 e. The van der Waals surface area contributed by atoms with Crippen LogP contribution in [0.15, 0.2) is 12.7 Å². The molecule has 0 heterocycles. The van der Waals surface area contributed by atoms with Crippen LogP contribution in [0.2, 0.25) is 0 Å². The van der Waals surface area contributed by atoms with E-state index in [1.165, 1.54) is 18.1 Å². The number of esters is 1. The van der Waals surface area contributed by atoms with Crippen LogP contribution in [0.1, 0.15) is 26.7 Å². The number of rotatable bonds is 6. The Morgan fingerprint density at radius 1 is 1.53 bits per heavy atom. The van der Waals surface area contributed by atoms with Gasteiger partial charge >= 0.3 is 5.97 Å². The Kier molecular flexibility index (Phi) is 6.42. The van der Waals surface area contributed by atoms with Crippen LogP contribution in [0.25, 0.3) is 0 Å². The second kappa shape index (κ2) is 7.04. The average molecular weight is 213 g/mol. The zero-order chi connectivity index (χ0) is 11.8. The normalized spacial score (nSPS) is 11.7. The van der Waals surface area contributed by atoms with Crippen LogP contribution >= 0.6 is 0 Å². The maximum atomic E-state index is 11.5. The molecule has 1 atom stereocenters. The molecule has 0 saturated heterocycles. The van der Waals surface area contributed by atoms with E-state index in [4.69, 9.17) is 0 Å². The molecule has 15 heavy (non-hydrogen) atoms. The molecule has 0 aliphatic heterocycles.